The Labute approximate surface area is 269 Å². The van der Waals surface area contributed by atoms with Gasteiger partial charge in [0.25, 0.3) is 0 Å². The third-order valence-electron chi connectivity index (χ3n) is 9.22. The second kappa shape index (κ2) is 15.8. The van der Waals surface area contributed by atoms with Gasteiger partial charge in [-0.3, -0.25) is 9.80 Å². The number of piperidine rings is 1. The first-order chi connectivity index (χ1) is 22.2. The Bertz CT molecular complexity index is 1460. The van der Waals surface area contributed by atoms with Crippen molar-refractivity contribution >= 4 is 6.03 Å². The summed E-state index contributed by atoms with van der Waals surface area (Å²) in [7, 11) is 0. The lowest BCUT2D eigenvalue weighted by molar-refractivity contribution is 0.113. The van der Waals surface area contributed by atoms with Crippen molar-refractivity contribution in [3.05, 3.63) is 131 Å². The molecule has 2 aliphatic rings. The number of hydrogen-bond acceptors (Lipinski definition) is 4. The average Bonchev–Trinajstić information content (AvgIpc) is 3.09. The van der Waals surface area contributed by atoms with E-state index in [4.69, 9.17) is 0 Å². The maximum atomic E-state index is 13.7. The lowest BCUT2D eigenvalue weighted by atomic mass is 9.99. The van der Waals surface area contributed by atoms with Crippen LogP contribution < -0.4 is 10.6 Å². The summed E-state index contributed by atoms with van der Waals surface area (Å²) < 4.78 is 0. The molecule has 2 heterocycles. The van der Waals surface area contributed by atoms with Crippen LogP contribution in [0.2, 0.25) is 0 Å². The molecule has 45 heavy (non-hydrogen) atoms. The van der Waals surface area contributed by atoms with E-state index in [1.54, 1.807) is 0 Å². The maximum Gasteiger partial charge on any atom is 0.317 e. The van der Waals surface area contributed by atoms with Crippen LogP contribution in [0.5, 0.6) is 0 Å². The maximum absolute atomic E-state index is 13.7. The predicted molar refractivity (Wildman–Crippen MR) is 184 cm³/mol. The molecule has 6 rings (SSSR count). The van der Waals surface area contributed by atoms with Gasteiger partial charge in [0, 0.05) is 71.5 Å². The number of nitrogens with one attached hydrogen (secondary N) is 2. The quantitative estimate of drug-likeness (QED) is 0.216. The lowest BCUT2D eigenvalue weighted by Gasteiger charge is -2.38. The molecule has 2 N–H and O–H groups in total. The second-order valence-corrected chi connectivity index (χ2v) is 12.5. The van der Waals surface area contributed by atoms with Gasteiger partial charge < -0.3 is 15.5 Å². The molecule has 2 saturated heterocycles. The highest BCUT2D eigenvalue weighted by Crippen LogP contribution is 2.25. The first-order valence-electron chi connectivity index (χ1n) is 16.7. The van der Waals surface area contributed by atoms with Crippen LogP contribution in [0.3, 0.4) is 0 Å². The summed E-state index contributed by atoms with van der Waals surface area (Å²) in [5, 5.41) is 6.68. The molecule has 0 atom stereocenters. The molecule has 2 fully saturated rings. The van der Waals surface area contributed by atoms with Crippen LogP contribution in [-0.2, 0) is 26.1 Å². The molecule has 0 spiro atoms. The highest BCUT2D eigenvalue weighted by Gasteiger charge is 2.28. The van der Waals surface area contributed by atoms with Crippen LogP contribution in [0, 0.1) is 0 Å². The number of carbonyl (C=O) groups is 1. The number of amides is 2. The van der Waals surface area contributed by atoms with Crippen molar-refractivity contribution in [2.45, 2.75) is 44.9 Å². The number of benzene rings is 4. The van der Waals surface area contributed by atoms with Gasteiger partial charge in [0.05, 0.1) is 0 Å². The smallest absolute Gasteiger partial charge is 0.317 e. The minimum atomic E-state index is 0.0390. The molecular formula is C39H47N5O. The Kier molecular flexibility index (Phi) is 10.9. The molecular weight excluding hydrogens is 554 g/mol. The molecule has 0 saturated carbocycles. The molecule has 0 aliphatic carbocycles. The fourth-order valence-electron chi connectivity index (χ4n) is 6.63. The van der Waals surface area contributed by atoms with Gasteiger partial charge in [0.1, 0.15) is 0 Å². The number of piperazine rings is 1. The van der Waals surface area contributed by atoms with Crippen molar-refractivity contribution in [1.29, 1.82) is 0 Å². The number of hydrogen-bond donors (Lipinski definition) is 2. The topological polar surface area (TPSA) is 50.9 Å². The van der Waals surface area contributed by atoms with Crippen molar-refractivity contribution < 1.29 is 4.79 Å². The molecule has 4 aromatic rings. The number of nitrogens with zero attached hydrogens (tertiary/aromatic N) is 3. The van der Waals surface area contributed by atoms with Gasteiger partial charge in [-0.1, -0.05) is 103 Å². The number of likely N-dealkylation sites (tertiary alicyclic amines) is 1. The second-order valence-electron chi connectivity index (χ2n) is 12.5. The Balaban J connectivity index is 1.10. The van der Waals surface area contributed by atoms with Crippen LogP contribution in [0.25, 0.3) is 11.1 Å². The van der Waals surface area contributed by atoms with Crippen molar-refractivity contribution in [3.8, 4) is 11.1 Å². The Morgan fingerprint density at radius 2 is 1.29 bits per heavy atom. The molecule has 6 nitrogen and oxygen atoms in total. The summed E-state index contributed by atoms with van der Waals surface area (Å²) in [5.41, 5.74) is 7.58. The third-order valence-corrected chi connectivity index (χ3v) is 9.22. The van der Waals surface area contributed by atoms with Crippen LogP contribution in [0.1, 0.15) is 35.1 Å². The van der Waals surface area contributed by atoms with E-state index in [1.165, 1.54) is 33.4 Å². The molecule has 234 valence electrons. The van der Waals surface area contributed by atoms with Gasteiger partial charge in [-0.25, -0.2) is 4.79 Å². The van der Waals surface area contributed by atoms with Crippen LogP contribution in [0.15, 0.2) is 109 Å². The van der Waals surface area contributed by atoms with Gasteiger partial charge in [0.15, 0.2) is 0 Å². The summed E-state index contributed by atoms with van der Waals surface area (Å²) in [6, 6.07) is 39.1. The highest BCUT2D eigenvalue weighted by atomic mass is 16.2. The van der Waals surface area contributed by atoms with Crippen LogP contribution >= 0.6 is 0 Å². The summed E-state index contributed by atoms with van der Waals surface area (Å²) in [6.07, 6.45) is 2.80. The highest BCUT2D eigenvalue weighted by molar-refractivity contribution is 5.74. The summed E-state index contributed by atoms with van der Waals surface area (Å²) in [6.45, 7) is 9.53. The first-order valence-corrected chi connectivity index (χ1v) is 16.7. The summed E-state index contributed by atoms with van der Waals surface area (Å²) in [5.74, 6) is 0. The van der Waals surface area contributed by atoms with Crippen molar-refractivity contribution in [2.24, 2.45) is 0 Å². The van der Waals surface area contributed by atoms with Gasteiger partial charge in [-0.2, -0.15) is 0 Å². The normalized spacial score (nSPS) is 16.4. The Morgan fingerprint density at radius 1 is 0.667 bits per heavy atom. The van der Waals surface area contributed by atoms with Crippen LogP contribution in [0.4, 0.5) is 4.79 Å². The predicted octanol–water partition coefficient (Wildman–Crippen LogP) is 6.18. The van der Waals surface area contributed by atoms with Crippen molar-refractivity contribution in [3.63, 3.8) is 0 Å². The molecule has 6 heteroatoms. The number of rotatable bonds is 11. The van der Waals surface area contributed by atoms with Crippen molar-refractivity contribution in [1.82, 2.24) is 25.3 Å². The molecule has 0 aromatic heterocycles. The molecule has 0 radical (unpaired) electrons. The zero-order valence-corrected chi connectivity index (χ0v) is 26.4. The monoisotopic (exact) mass is 601 g/mol. The molecule has 0 unspecified atom stereocenters. The minimum absolute atomic E-state index is 0.0390. The molecule has 2 amide bonds. The van der Waals surface area contributed by atoms with E-state index in [9.17, 15) is 4.79 Å². The fourth-order valence-corrected chi connectivity index (χ4v) is 6.63. The molecule has 0 bridgehead atoms. The standard InChI is InChI=1S/C39H47N5O/c45-39(41-21-18-32-8-3-1-4-9-32)44(38-19-24-42(25-20-38)29-33-10-5-2-6-11-33)31-34-14-16-36(17-15-34)37-13-7-12-35(28-37)30-43-26-22-40-23-27-43/h1-17,28,38,40H,18-27,29-31H2,(H,41,45). The summed E-state index contributed by atoms with van der Waals surface area (Å²) >= 11 is 0. The van der Waals surface area contributed by atoms with Crippen LogP contribution in [-0.4, -0.2) is 72.6 Å². The van der Waals surface area contributed by atoms with E-state index < -0.39 is 0 Å². The molecule has 4 aromatic carbocycles. The summed E-state index contributed by atoms with van der Waals surface area (Å²) in [4.78, 5) is 20.8. The van der Waals surface area contributed by atoms with E-state index in [1.807, 2.05) is 6.07 Å². The van der Waals surface area contributed by atoms with E-state index >= 15 is 0 Å². The van der Waals surface area contributed by atoms with E-state index in [0.717, 1.165) is 71.6 Å². The zero-order chi connectivity index (χ0) is 30.7. The van der Waals surface area contributed by atoms with E-state index in [2.05, 4.69) is 128 Å². The van der Waals surface area contributed by atoms with E-state index in [0.29, 0.717) is 13.1 Å². The lowest BCUT2D eigenvalue weighted by Crippen LogP contribution is -2.50. The number of carbonyl (C=O) groups excluding carboxylic acids is 1. The fraction of sp³-hybridized carbons (Fsp3) is 0.359. The van der Waals surface area contributed by atoms with E-state index in [-0.39, 0.29) is 12.1 Å². The first kappa shape index (κ1) is 31.0. The largest absolute Gasteiger partial charge is 0.338 e. The molecule has 2 aliphatic heterocycles. The Hall–Kier alpha value is -3.97. The minimum Gasteiger partial charge on any atom is -0.338 e. The van der Waals surface area contributed by atoms with Gasteiger partial charge in [-0.15, -0.1) is 0 Å². The van der Waals surface area contributed by atoms with Gasteiger partial charge >= 0.3 is 6.03 Å². The third kappa shape index (κ3) is 9.04. The Morgan fingerprint density at radius 3 is 2.00 bits per heavy atom. The zero-order valence-electron chi connectivity index (χ0n) is 26.4. The number of urea groups is 1. The van der Waals surface area contributed by atoms with Crippen molar-refractivity contribution in [2.75, 3.05) is 45.8 Å². The van der Waals surface area contributed by atoms with Gasteiger partial charge in [-0.05, 0) is 58.7 Å². The average molecular weight is 602 g/mol. The SMILES string of the molecule is O=C(NCCc1ccccc1)N(Cc1ccc(-c2cccc(CN3CCNCC3)c2)cc1)C1CCN(Cc2ccccc2)CC1. The van der Waals surface area contributed by atoms with Gasteiger partial charge in [0.2, 0.25) is 0 Å².